The van der Waals surface area contributed by atoms with E-state index in [4.69, 9.17) is 5.11 Å². The number of carboxylic acid groups (broad SMARTS) is 1. The molecule has 84 valence electrons. The van der Waals surface area contributed by atoms with Gasteiger partial charge in [-0.15, -0.1) is 0 Å². The maximum Gasteiger partial charge on any atom is 0.409 e. The SMILES string of the molecule is COC(=O)N1CCCC2(CC2C(=O)O)C1. The van der Waals surface area contributed by atoms with Crippen LogP contribution in [0.5, 0.6) is 0 Å². The van der Waals surface area contributed by atoms with Crippen LogP contribution in [0.15, 0.2) is 0 Å². The monoisotopic (exact) mass is 213 g/mol. The average Bonchev–Trinajstić information content (AvgIpc) is 2.91. The Kier molecular flexibility index (Phi) is 2.32. The van der Waals surface area contributed by atoms with Gasteiger partial charge in [0, 0.05) is 18.5 Å². The van der Waals surface area contributed by atoms with Crippen LogP contribution in [0.4, 0.5) is 4.79 Å². The smallest absolute Gasteiger partial charge is 0.409 e. The van der Waals surface area contributed by atoms with E-state index in [1.807, 2.05) is 0 Å². The number of likely N-dealkylation sites (tertiary alicyclic amines) is 1. The predicted octanol–water partition coefficient (Wildman–Crippen LogP) is 0.940. The normalized spacial score (nSPS) is 33.9. The molecule has 1 amide bonds. The van der Waals surface area contributed by atoms with Crippen LogP contribution in [0, 0.1) is 11.3 Å². The van der Waals surface area contributed by atoms with Crippen LogP contribution in [0.25, 0.3) is 0 Å². The Bertz CT molecular complexity index is 304. The summed E-state index contributed by atoms with van der Waals surface area (Å²) in [6.45, 7) is 1.22. The number of carboxylic acids is 1. The standard InChI is InChI=1S/C10H15NO4/c1-15-9(14)11-4-2-3-10(6-11)5-7(10)8(12)13/h7H,2-6H2,1H3,(H,12,13). The summed E-state index contributed by atoms with van der Waals surface area (Å²) in [5, 5.41) is 8.92. The molecule has 15 heavy (non-hydrogen) atoms. The van der Waals surface area contributed by atoms with E-state index in [0.717, 1.165) is 12.8 Å². The second-order valence-corrected chi connectivity index (χ2v) is 4.45. The fourth-order valence-electron chi connectivity index (χ4n) is 2.59. The van der Waals surface area contributed by atoms with Gasteiger partial charge in [0.25, 0.3) is 0 Å². The van der Waals surface area contributed by atoms with Crippen molar-refractivity contribution in [2.75, 3.05) is 20.2 Å². The van der Waals surface area contributed by atoms with Crippen LogP contribution in [-0.4, -0.2) is 42.3 Å². The van der Waals surface area contributed by atoms with Gasteiger partial charge in [-0.1, -0.05) is 0 Å². The van der Waals surface area contributed by atoms with Gasteiger partial charge in [0.05, 0.1) is 13.0 Å². The highest BCUT2D eigenvalue weighted by atomic mass is 16.5. The highest BCUT2D eigenvalue weighted by molar-refractivity contribution is 5.75. The van der Waals surface area contributed by atoms with Crippen molar-refractivity contribution in [3.8, 4) is 0 Å². The fraction of sp³-hybridized carbons (Fsp3) is 0.800. The van der Waals surface area contributed by atoms with E-state index < -0.39 is 5.97 Å². The number of hydrogen-bond acceptors (Lipinski definition) is 3. The van der Waals surface area contributed by atoms with Crippen LogP contribution in [0.2, 0.25) is 0 Å². The minimum absolute atomic E-state index is 0.154. The molecule has 0 aromatic carbocycles. The molecule has 1 N–H and O–H groups in total. The molecule has 1 heterocycles. The zero-order valence-electron chi connectivity index (χ0n) is 8.73. The lowest BCUT2D eigenvalue weighted by molar-refractivity contribution is -0.139. The predicted molar refractivity (Wildman–Crippen MR) is 51.4 cm³/mol. The van der Waals surface area contributed by atoms with Crippen molar-refractivity contribution in [2.24, 2.45) is 11.3 Å². The van der Waals surface area contributed by atoms with Gasteiger partial charge in [0.2, 0.25) is 0 Å². The lowest BCUT2D eigenvalue weighted by atomic mass is 9.92. The molecule has 0 bridgehead atoms. The highest BCUT2D eigenvalue weighted by Gasteiger charge is 2.60. The lowest BCUT2D eigenvalue weighted by Gasteiger charge is -2.32. The number of hydrogen-bond donors (Lipinski definition) is 1. The van der Waals surface area contributed by atoms with Crippen molar-refractivity contribution < 1.29 is 19.4 Å². The minimum Gasteiger partial charge on any atom is -0.481 e. The Hall–Kier alpha value is -1.26. The van der Waals surface area contributed by atoms with Crippen LogP contribution < -0.4 is 0 Å². The molecule has 1 spiro atoms. The first-order valence-corrected chi connectivity index (χ1v) is 5.15. The van der Waals surface area contributed by atoms with E-state index in [1.54, 1.807) is 4.90 Å². The molecule has 2 fully saturated rings. The highest BCUT2D eigenvalue weighted by Crippen LogP contribution is 2.57. The van der Waals surface area contributed by atoms with Gasteiger partial charge in [-0.25, -0.2) is 4.79 Å². The third-order valence-corrected chi connectivity index (χ3v) is 3.53. The van der Waals surface area contributed by atoms with Gasteiger partial charge in [0.1, 0.15) is 0 Å². The number of nitrogens with zero attached hydrogens (tertiary/aromatic N) is 1. The quantitative estimate of drug-likeness (QED) is 0.704. The van der Waals surface area contributed by atoms with Gasteiger partial charge >= 0.3 is 12.1 Å². The first kappa shape index (κ1) is 10.3. The Labute approximate surface area is 88.0 Å². The molecule has 0 radical (unpaired) electrons. The van der Waals surface area contributed by atoms with E-state index in [9.17, 15) is 9.59 Å². The molecule has 0 aromatic rings. The van der Waals surface area contributed by atoms with Crippen molar-refractivity contribution >= 4 is 12.1 Å². The zero-order chi connectivity index (χ0) is 11.1. The van der Waals surface area contributed by atoms with Gasteiger partial charge in [-0.3, -0.25) is 4.79 Å². The van der Waals surface area contributed by atoms with E-state index in [1.165, 1.54) is 7.11 Å². The number of carbonyl (C=O) groups is 2. The molecular formula is C10H15NO4. The molecule has 1 saturated heterocycles. The summed E-state index contributed by atoms with van der Waals surface area (Å²) in [4.78, 5) is 23.8. The Balaban J connectivity index is 2.00. The average molecular weight is 213 g/mol. The summed E-state index contributed by atoms with van der Waals surface area (Å²) in [6, 6.07) is 0. The van der Waals surface area contributed by atoms with Gasteiger partial charge < -0.3 is 14.7 Å². The molecule has 0 aromatic heterocycles. The maximum atomic E-state index is 11.3. The summed E-state index contributed by atoms with van der Waals surface area (Å²) in [5.74, 6) is -0.994. The number of methoxy groups -OCH3 is 1. The number of piperidine rings is 1. The van der Waals surface area contributed by atoms with Crippen LogP contribution >= 0.6 is 0 Å². The summed E-state index contributed by atoms with van der Waals surface area (Å²) >= 11 is 0. The summed E-state index contributed by atoms with van der Waals surface area (Å²) in [5.41, 5.74) is -0.154. The topological polar surface area (TPSA) is 66.8 Å². The van der Waals surface area contributed by atoms with Crippen molar-refractivity contribution in [1.82, 2.24) is 4.90 Å². The number of aliphatic carboxylic acids is 1. The molecule has 2 rings (SSSR count). The van der Waals surface area contributed by atoms with Crippen LogP contribution in [0.1, 0.15) is 19.3 Å². The molecular weight excluding hydrogens is 198 g/mol. The van der Waals surface area contributed by atoms with E-state index in [0.29, 0.717) is 19.5 Å². The third-order valence-electron chi connectivity index (χ3n) is 3.53. The molecule has 2 atom stereocenters. The second-order valence-electron chi connectivity index (χ2n) is 4.45. The first-order chi connectivity index (χ1) is 7.09. The molecule has 2 unspecified atom stereocenters. The first-order valence-electron chi connectivity index (χ1n) is 5.15. The van der Waals surface area contributed by atoms with Crippen LogP contribution in [-0.2, 0) is 9.53 Å². The molecule has 1 aliphatic carbocycles. The second kappa shape index (κ2) is 3.40. The van der Waals surface area contributed by atoms with E-state index in [2.05, 4.69) is 4.74 Å². The van der Waals surface area contributed by atoms with Crippen molar-refractivity contribution in [3.05, 3.63) is 0 Å². The zero-order valence-corrected chi connectivity index (χ0v) is 8.73. The number of amides is 1. The van der Waals surface area contributed by atoms with Crippen molar-refractivity contribution in [3.63, 3.8) is 0 Å². The summed E-state index contributed by atoms with van der Waals surface area (Å²) in [6.07, 6.45) is 2.15. The molecule has 1 aliphatic heterocycles. The van der Waals surface area contributed by atoms with Crippen LogP contribution in [0.3, 0.4) is 0 Å². The van der Waals surface area contributed by atoms with Gasteiger partial charge in [0.15, 0.2) is 0 Å². The largest absolute Gasteiger partial charge is 0.481 e. The van der Waals surface area contributed by atoms with Gasteiger partial charge in [-0.2, -0.15) is 0 Å². The van der Waals surface area contributed by atoms with Crippen molar-refractivity contribution in [1.29, 1.82) is 0 Å². The molecule has 5 nitrogen and oxygen atoms in total. The van der Waals surface area contributed by atoms with Crippen molar-refractivity contribution in [2.45, 2.75) is 19.3 Å². The number of rotatable bonds is 1. The Morgan fingerprint density at radius 1 is 1.53 bits per heavy atom. The Morgan fingerprint density at radius 2 is 2.27 bits per heavy atom. The minimum atomic E-state index is -0.735. The summed E-state index contributed by atoms with van der Waals surface area (Å²) < 4.78 is 4.65. The van der Waals surface area contributed by atoms with Gasteiger partial charge in [-0.05, 0) is 19.3 Å². The Morgan fingerprint density at radius 3 is 2.80 bits per heavy atom. The third kappa shape index (κ3) is 1.66. The fourth-order valence-corrected chi connectivity index (χ4v) is 2.59. The summed E-state index contributed by atoms with van der Waals surface area (Å²) in [7, 11) is 1.35. The lowest BCUT2D eigenvalue weighted by Crippen LogP contribution is -2.41. The molecule has 5 heteroatoms. The molecule has 1 saturated carbocycles. The number of ether oxygens (including phenoxy) is 1. The van der Waals surface area contributed by atoms with E-state index in [-0.39, 0.29) is 17.4 Å². The molecule has 2 aliphatic rings. The van der Waals surface area contributed by atoms with E-state index >= 15 is 0 Å². The maximum absolute atomic E-state index is 11.3. The number of carbonyl (C=O) groups excluding carboxylic acids is 1.